The highest BCUT2D eigenvalue weighted by atomic mass is 32.1. The summed E-state index contributed by atoms with van der Waals surface area (Å²) in [6.45, 7) is 7.94. The summed E-state index contributed by atoms with van der Waals surface area (Å²) in [7, 11) is 1.62. The predicted octanol–water partition coefficient (Wildman–Crippen LogP) is 2.45. The number of hydrogen-bond acceptors (Lipinski definition) is 8. The Balaban J connectivity index is 1.59. The van der Waals surface area contributed by atoms with Gasteiger partial charge in [0.15, 0.2) is 0 Å². The molecule has 3 aromatic heterocycles. The lowest BCUT2D eigenvalue weighted by molar-refractivity contribution is 0.0771. The number of thiazole rings is 1. The van der Waals surface area contributed by atoms with Crippen LogP contribution < -0.4 is 10.5 Å². The molecule has 1 fully saturated rings. The first-order valence-electron chi connectivity index (χ1n) is 10.7. The highest BCUT2D eigenvalue weighted by Gasteiger charge is 2.26. The number of aryl methyl sites for hydroxylation is 3. The number of hydrogen-bond donors (Lipinski definition) is 0. The number of rotatable bonds is 3. The van der Waals surface area contributed by atoms with Gasteiger partial charge in [-0.05, 0) is 44.9 Å². The predicted molar refractivity (Wildman–Crippen MR) is 126 cm³/mol. The summed E-state index contributed by atoms with van der Waals surface area (Å²) in [6.07, 6.45) is 2.44. The zero-order chi connectivity index (χ0) is 23.7. The second kappa shape index (κ2) is 9.11. The van der Waals surface area contributed by atoms with Crippen molar-refractivity contribution in [3.05, 3.63) is 56.1 Å². The molecule has 4 heterocycles. The van der Waals surface area contributed by atoms with Gasteiger partial charge in [0.1, 0.15) is 21.8 Å². The first-order valence-corrected chi connectivity index (χ1v) is 11.5. The molecule has 4 rings (SSSR count). The highest BCUT2D eigenvalue weighted by molar-refractivity contribution is 7.17. The normalized spacial score (nSPS) is 14.2. The van der Waals surface area contributed by atoms with Crippen molar-refractivity contribution < 1.29 is 4.79 Å². The van der Waals surface area contributed by atoms with E-state index in [1.807, 2.05) is 18.7 Å². The van der Waals surface area contributed by atoms with Crippen molar-refractivity contribution in [1.82, 2.24) is 24.6 Å². The quantitative estimate of drug-likeness (QED) is 0.587. The highest BCUT2D eigenvalue weighted by Crippen LogP contribution is 2.30. The van der Waals surface area contributed by atoms with Crippen LogP contribution in [0.4, 0.5) is 5.82 Å². The number of amides is 1. The van der Waals surface area contributed by atoms with E-state index in [4.69, 9.17) is 0 Å². The van der Waals surface area contributed by atoms with Crippen LogP contribution in [-0.2, 0) is 7.05 Å². The average Bonchev–Trinajstić information content (AvgIpc) is 3.02. The van der Waals surface area contributed by atoms with Crippen molar-refractivity contribution in [2.24, 2.45) is 7.05 Å². The van der Waals surface area contributed by atoms with Gasteiger partial charge in [0.05, 0.1) is 22.5 Å². The Kier molecular flexibility index (Phi) is 6.24. The molecule has 0 N–H and O–H groups in total. The summed E-state index contributed by atoms with van der Waals surface area (Å²) in [5, 5.41) is 14.2. The van der Waals surface area contributed by atoms with E-state index in [1.165, 1.54) is 16.0 Å². The molecular weight excluding hydrogens is 438 g/mol. The van der Waals surface area contributed by atoms with E-state index in [0.29, 0.717) is 58.7 Å². The van der Waals surface area contributed by atoms with Crippen molar-refractivity contribution in [3.63, 3.8) is 0 Å². The Bertz CT molecular complexity index is 1320. The van der Waals surface area contributed by atoms with E-state index in [0.717, 1.165) is 17.7 Å². The molecule has 33 heavy (non-hydrogen) atoms. The molecule has 0 bridgehead atoms. The van der Waals surface area contributed by atoms with Crippen molar-refractivity contribution in [3.8, 4) is 16.6 Å². The zero-order valence-electron chi connectivity index (χ0n) is 19.1. The first-order chi connectivity index (χ1) is 15.8. The molecule has 0 aromatic carbocycles. The summed E-state index contributed by atoms with van der Waals surface area (Å²) >= 11 is 1.26. The fourth-order valence-corrected chi connectivity index (χ4v) is 5.14. The molecule has 1 aliphatic heterocycles. The van der Waals surface area contributed by atoms with Gasteiger partial charge < -0.3 is 9.80 Å². The van der Waals surface area contributed by atoms with Crippen LogP contribution in [0.15, 0.2) is 23.1 Å². The van der Waals surface area contributed by atoms with Crippen LogP contribution in [0.1, 0.15) is 38.6 Å². The lowest BCUT2D eigenvalue weighted by Gasteiger charge is -2.23. The molecule has 0 radical (unpaired) electrons. The Morgan fingerprint density at radius 2 is 1.94 bits per heavy atom. The maximum absolute atomic E-state index is 13.4. The maximum atomic E-state index is 13.4. The van der Waals surface area contributed by atoms with Crippen LogP contribution >= 0.6 is 11.3 Å². The minimum Gasteiger partial charge on any atom is -0.354 e. The number of nitrogens with zero attached hydrogens (tertiary/aromatic N) is 7. The molecular formula is C23H25N7O2S. The summed E-state index contributed by atoms with van der Waals surface area (Å²) in [5.41, 5.74) is 2.96. The lowest BCUT2D eigenvalue weighted by atomic mass is 10.1. The molecule has 1 aliphatic rings. The van der Waals surface area contributed by atoms with Crippen LogP contribution in [0.5, 0.6) is 0 Å². The monoisotopic (exact) mass is 463 g/mol. The fourth-order valence-electron chi connectivity index (χ4n) is 4.01. The standard InChI is InChI=1S/C23H25N7O2S/c1-14-15(2)27-28(4)22(31)18(14)21-26-16(3)19(33-21)23(32)30-10-6-9-29(11-12-30)20-17(13-24)7-5-8-25-20/h5,7-8H,6,9-12H2,1-4H3. The number of pyridine rings is 1. The first kappa shape index (κ1) is 22.6. The summed E-state index contributed by atoms with van der Waals surface area (Å²) in [5.74, 6) is 0.574. The number of carbonyl (C=O) groups excluding carboxylic acids is 1. The zero-order valence-corrected chi connectivity index (χ0v) is 19.9. The molecule has 1 saturated heterocycles. The van der Waals surface area contributed by atoms with Crippen LogP contribution in [0.3, 0.4) is 0 Å². The van der Waals surface area contributed by atoms with Gasteiger partial charge >= 0.3 is 0 Å². The number of aromatic nitrogens is 4. The van der Waals surface area contributed by atoms with Gasteiger partial charge in [0.2, 0.25) is 0 Å². The van der Waals surface area contributed by atoms with Crippen molar-refractivity contribution in [2.75, 3.05) is 31.1 Å². The van der Waals surface area contributed by atoms with E-state index >= 15 is 0 Å². The molecule has 1 amide bonds. The molecule has 170 valence electrons. The number of carbonyl (C=O) groups is 1. The fraction of sp³-hybridized carbons (Fsp3) is 0.391. The molecule has 3 aromatic rings. The third kappa shape index (κ3) is 4.24. The average molecular weight is 464 g/mol. The number of nitriles is 1. The van der Waals surface area contributed by atoms with Gasteiger partial charge in [-0.25, -0.2) is 14.6 Å². The van der Waals surface area contributed by atoms with E-state index in [1.54, 1.807) is 32.3 Å². The topological polar surface area (TPSA) is 108 Å². The van der Waals surface area contributed by atoms with Gasteiger partial charge in [-0.1, -0.05) is 0 Å². The van der Waals surface area contributed by atoms with Crippen LogP contribution in [-0.4, -0.2) is 56.7 Å². The molecule has 0 atom stereocenters. The van der Waals surface area contributed by atoms with Crippen molar-refractivity contribution in [1.29, 1.82) is 5.26 Å². The van der Waals surface area contributed by atoms with Crippen LogP contribution in [0.2, 0.25) is 0 Å². The van der Waals surface area contributed by atoms with Gasteiger partial charge in [-0.15, -0.1) is 11.3 Å². The summed E-state index contributed by atoms with van der Waals surface area (Å²) < 4.78 is 1.31. The second-order valence-corrected chi connectivity index (χ2v) is 9.07. The van der Waals surface area contributed by atoms with Crippen molar-refractivity contribution >= 4 is 23.1 Å². The smallest absolute Gasteiger partial charge is 0.277 e. The lowest BCUT2D eigenvalue weighted by Crippen LogP contribution is -2.35. The van der Waals surface area contributed by atoms with Gasteiger partial charge in [-0.2, -0.15) is 10.4 Å². The van der Waals surface area contributed by atoms with Gasteiger partial charge in [-0.3, -0.25) is 9.59 Å². The van der Waals surface area contributed by atoms with Crippen LogP contribution in [0, 0.1) is 32.1 Å². The molecule has 10 heteroatoms. The van der Waals surface area contributed by atoms with E-state index < -0.39 is 0 Å². The second-order valence-electron chi connectivity index (χ2n) is 8.07. The summed E-state index contributed by atoms with van der Waals surface area (Å²) in [6, 6.07) is 5.70. The largest absolute Gasteiger partial charge is 0.354 e. The maximum Gasteiger partial charge on any atom is 0.277 e. The minimum atomic E-state index is -0.222. The Morgan fingerprint density at radius 1 is 1.15 bits per heavy atom. The molecule has 0 unspecified atom stereocenters. The Labute approximate surface area is 195 Å². The van der Waals surface area contributed by atoms with E-state index in [9.17, 15) is 14.9 Å². The summed E-state index contributed by atoms with van der Waals surface area (Å²) in [4.78, 5) is 39.5. The SMILES string of the molecule is Cc1nc(-c2c(C)c(C)nn(C)c2=O)sc1C(=O)N1CCCN(c2ncccc2C#N)CC1. The molecule has 0 spiro atoms. The van der Waals surface area contributed by atoms with Crippen molar-refractivity contribution in [2.45, 2.75) is 27.2 Å². The van der Waals surface area contributed by atoms with E-state index in [2.05, 4.69) is 26.0 Å². The van der Waals surface area contributed by atoms with Gasteiger partial charge in [0.25, 0.3) is 11.5 Å². The van der Waals surface area contributed by atoms with Gasteiger partial charge in [0, 0.05) is 39.4 Å². The van der Waals surface area contributed by atoms with Crippen LogP contribution in [0.25, 0.3) is 10.6 Å². The minimum absolute atomic E-state index is 0.0834. The molecule has 0 saturated carbocycles. The Morgan fingerprint density at radius 3 is 2.70 bits per heavy atom. The Hall–Kier alpha value is -3.58. The third-order valence-corrected chi connectivity index (χ3v) is 7.08. The number of anilines is 1. The van der Waals surface area contributed by atoms with E-state index in [-0.39, 0.29) is 11.5 Å². The molecule has 0 aliphatic carbocycles. The molecule has 9 nitrogen and oxygen atoms in total. The third-order valence-electron chi connectivity index (χ3n) is 5.92.